The predicted molar refractivity (Wildman–Crippen MR) is 124 cm³/mol. The Hall–Kier alpha value is -2.78. The largest absolute Gasteiger partial charge is 0.503 e. The fourth-order valence-corrected chi connectivity index (χ4v) is 4.42. The van der Waals surface area contributed by atoms with Gasteiger partial charge in [0, 0.05) is 5.69 Å². The number of halogens is 1. The van der Waals surface area contributed by atoms with Crippen molar-refractivity contribution in [2.75, 3.05) is 18.5 Å². The molecule has 0 unspecified atom stereocenters. The quantitative estimate of drug-likeness (QED) is 0.546. The first-order valence-corrected chi connectivity index (χ1v) is 11.1. The minimum absolute atomic E-state index is 0.0461. The number of ether oxygens (including phenoxy) is 1. The number of thioether (sulfide) groups is 1. The van der Waals surface area contributed by atoms with E-state index in [-0.39, 0.29) is 22.9 Å². The van der Waals surface area contributed by atoms with Crippen molar-refractivity contribution in [3.05, 3.63) is 56.4 Å². The van der Waals surface area contributed by atoms with E-state index in [2.05, 4.69) is 21.2 Å². The molecular weight excluding hydrogens is 484 g/mol. The molecule has 0 radical (unpaired) electrons. The van der Waals surface area contributed by atoms with Gasteiger partial charge in [-0.05, 0) is 95.5 Å². The average molecular weight is 505 g/mol. The van der Waals surface area contributed by atoms with Crippen molar-refractivity contribution in [2.45, 2.75) is 20.8 Å². The predicted octanol–water partition coefficient (Wildman–Crippen LogP) is 4.85. The average Bonchev–Trinajstić information content (AvgIpc) is 2.92. The molecule has 162 valence electrons. The van der Waals surface area contributed by atoms with Crippen molar-refractivity contribution >= 4 is 56.5 Å². The molecular formula is C22H21BrN2O5S. The Bertz CT molecular complexity index is 1080. The molecule has 1 heterocycles. The molecule has 0 spiro atoms. The highest BCUT2D eigenvalue weighted by Crippen LogP contribution is 2.38. The molecule has 1 fully saturated rings. The van der Waals surface area contributed by atoms with Gasteiger partial charge in [0.2, 0.25) is 5.91 Å². The zero-order valence-electron chi connectivity index (χ0n) is 17.2. The van der Waals surface area contributed by atoms with Crippen molar-refractivity contribution in [1.82, 2.24) is 4.90 Å². The van der Waals surface area contributed by atoms with Crippen molar-refractivity contribution in [3.63, 3.8) is 0 Å². The Labute approximate surface area is 192 Å². The molecule has 1 aliphatic rings. The number of imide groups is 1. The molecule has 31 heavy (non-hydrogen) atoms. The van der Waals surface area contributed by atoms with Crippen molar-refractivity contribution < 1.29 is 24.2 Å². The zero-order chi connectivity index (χ0) is 22.7. The molecule has 2 N–H and O–H groups in total. The number of carbonyl (C=O) groups is 3. The van der Waals surface area contributed by atoms with Crippen LogP contribution < -0.4 is 10.1 Å². The molecule has 0 saturated carbocycles. The lowest BCUT2D eigenvalue weighted by atomic mass is 10.1. The van der Waals surface area contributed by atoms with Crippen molar-refractivity contribution in [2.24, 2.45) is 0 Å². The minimum Gasteiger partial charge on any atom is -0.503 e. The maximum absolute atomic E-state index is 12.7. The normalized spacial score (nSPS) is 15.0. The van der Waals surface area contributed by atoms with Gasteiger partial charge in [-0.15, -0.1) is 0 Å². The number of amides is 3. The molecule has 0 aliphatic carbocycles. The fourth-order valence-electron chi connectivity index (χ4n) is 3.12. The summed E-state index contributed by atoms with van der Waals surface area (Å²) in [6.07, 6.45) is 1.53. The number of phenolic OH excluding ortho intramolecular Hbond substituents is 1. The van der Waals surface area contributed by atoms with E-state index in [1.54, 1.807) is 19.1 Å². The van der Waals surface area contributed by atoms with Gasteiger partial charge in [-0.25, -0.2) is 0 Å². The number of carbonyl (C=O) groups excluding carboxylic acids is 3. The van der Waals surface area contributed by atoms with Gasteiger partial charge in [0.15, 0.2) is 11.5 Å². The molecule has 2 aromatic carbocycles. The van der Waals surface area contributed by atoms with Gasteiger partial charge >= 0.3 is 0 Å². The van der Waals surface area contributed by atoms with Gasteiger partial charge in [0.05, 0.1) is 16.0 Å². The second-order valence-corrected chi connectivity index (χ2v) is 8.82. The topological polar surface area (TPSA) is 95.9 Å². The first-order chi connectivity index (χ1) is 14.7. The molecule has 0 atom stereocenters. The highest BCUT2D eigenvalue weighted by molar-refractivity contribution is 9.10. The summed E-state index contributed by atoms with van der Waals surface area (Å²) in [4.78, 5) is 38.6. The SMILES string of the molecule is CCOc1cc(/C=C2/SC(=O)N(CC(=O)Nc3cc(C)cc(C)c3)C2=O)cc(Br)c1O. The van der Waals surface area contributed by atoms with E-state index in [9.17, 15) is 19.5 Å². The van der Waals surface area contributed by atoms with Crippen LogP contribution in [0.4, 0.5) is 10.5 Å². The summed E-state index contributed by atoms with van der Waals surface area (Å²) in [6.45, 7) is 5.60. The Balaban J connectivity index is 1.75. The van der Waals surface area contributed by atoms with Crippen molar-refractivity contribution in [1.29, 1.82) is 0 Å². The number of hydrogen-bond acceptors (Lipinski definition) is 6. The number of phenols is 1. The monoisotopic (exact) mass is 504 g/mol. The Kier molecular flexibility index (Phi) is 7.07. The summed E-state index contributed by atoms with van der Waals surface area (Å²) in [5.74, 6) is -0.794. The van der Waals surface area contributed by atoms with Crippen LogP contribution in [0.2, 0.25) is 0 Å². The number of nitrogens with one attached hydrogen (secondary N) is 1. The van der Waals surface area contributed by atoms with Crippen LogP contribution in [0.5, 0.6) is 11.5 Å². The van der Waals surface area contributed by atoms with Crippen LogP contribution in [0.1, 0.15) is 23.6 Å². The summed E-state index contributed by atoms with van der Waals surface area (Å²) >= 11 is 4.01. The number of nitrogens with zero attached hydrogens (tertiary/aromatic N) is 1. The van der Waals surface area contributed by atoms with Crippen LogP contribution in [0.3, 0.4) is 0 Å². The first kappa shape index (κ1) is 22.9. The van der Waals surface area contributed by atoms with Gasteiger partial charge in [-0.2, -0.15) is 0 Å². The highest BCUT2D eigenvalue weighted by atomic mass is 79.9. The summed E-state index contributed by atoms with van der Waals surface area (Å²) in [5.41, 5.74) is 3.17. The lowest BCUT2D eigenvalue weighted by molar-refractivity contribution is -0.127. The van der Waals surface area contributed by atoms with E-state index in [1.165, 1.54) is 6.08 Å². The summed E-state index contributed by atoms with van der Waals surface area (Å²) in [5, 5.41) is 12.2. The number of rotatable bonds is 6. The summed E-state index contributed by atoms with van der Waals surface area (Å²) in [6, 6.07) is 8.80. The molecule has 3 rings (SSSR count). The Morgan fingerprint density at radius 1 is 1.19 bits per heavy atom. The number of aromatic hydroxyl groups is 1. The number of hydrogen-bond donors (Lipinski definition) is 2. The van der Waals surface area contributed by atoms with Gasteiger partial charge in [-0.3, -0.25) is 19.3 Å². The van der Waals surface area contributed by atoms with E-state index in [4.69, 9.17) is 4.74 Å². The fraction of sp³-hybridized carbons (Fsp3) is 0.227. The van der Waals surface area contributed by atoms with Gasteiger partial charge in [0.1, 0.15) is 6.54 Å². The van der Waals surface area contributed by atoms with E-state index in [0.29, 0.717) is 22.3 Å². The van der Waals surface area contributed by atoms with Crippen molar-refractivity contribution in [3.8, 4) is 11.5 Å². The van der Waals surface area contributed by atoms with Crippen LogP contribution in [0, 0.1) is 13.8 Å². The number of aryl methyl sites for hydroxylation is 2. The van der Waals surface area contributed by atoms with E-state index >= 15 is 0 Å². The summed E-state index contributed by atoms with van der Waals surface area (Å²) in [7, 11) is 0. The molecule has 9 heteroatoms. The third kappa shape index (κ3) is 5.48. The molecule has 3 amide bonds. The highest BCUT2D eigenvalue weighted by Gasteiger charge is 2.36. The second-order valence-electron chi connectivity index (χ2n) is 6.97. The molecule has 2 aromatic rings. The van der Waals surface area contributed by atoms with Gasteiger partial charge in [-0.1, -0.05) is 6.07 Å². The summed E-state index contributed by atoms with van der Waals surface area (Å²) < 4.78 is 5.79. The number of benzene rings is 2. The van der Waals surface area contributed by atoms with E-state index in [0.717, 1.165) is 27.8 Å². The third-order valence-electron chi connectivity index (χ3n) is 4.33. The molecule has 0 aromatic heterocycles. The minimum atomic E-state index is -0.548. The zero-order valence-corrected chi connectivity index (χ0v) is 19.6. The second kappa shape index (κ2) is 9.57. The Morgan fingerprint density at radius 3 is 2.52 bits per heavy atom. The first-order valence-electron chi connectivity index (χ1n) is 9.46. The lowest BCUT2D eigenvalue weighted by Gasteiger charge is -2.13. The standard InChI is InChI=1S/C22H21BrN2O5S/c1-4-30-17-9-14(8-16(23)20(17)27)10-18-21(28)25(22(29)31-18)11-19(26)24-15-6-12(2)5-13(3)7-15/h5-10,27H,4,11H2,1-3H3,(H,24,26)/b18-10+. The molecule has 0 bridgehead atoms. The molecule has 7 nitrogen and oxygen atoms in total. The van der Waals surface area contributed by atoms with Crippen LogP contribution in [-0.2, 0) is 9.59 Å². The van der Waals surface area contributed by atoms with Crippen LogP contribution in [-0.4, -0.2) is 40.2 Å². The van der Waals surface area contributed by atoms with E-state index < -0.39 is 17.1 Å². The third-order valence-corrected chi connectivity index (χ3v) is 5.84. The lowest BCUT2D eigenvalue weighted by Crippen LogP contribution is -2.36. The van der Waals surface area contributed by atoms with Crippen LogP contribution >= 0.6 is 27.7 Å². The van der Waals surface area contributed by atoms with Gasteiger partial charge in [0.25, 0.3) is 11.1 Å². The van der Waals surface area contributed by atoms with Crippen LogP contribution in [0.25, 0.3) is 6.08 Å². The smallest absolute Gasteiger partial charge is 0.294 e. The van der Waals surface area contributed by atoms with Gasteiger partial charge < -0.3 is 15.2 Å². The maximum atomic E-state index is 12.7. The number of anilines is 1. The molecule has 1 aliphatic heterocycles. The van der Waals surface area contributed by atoms with E-state index in [1.807, 2.05) is 32.0 Å². The van der Waals surface area contributed by atoms with Crippen LogP contribution in [0.15, 0.2) is 39.7 Å². The Morgan fingerprint density at radius 2 is 1.87 bits per heavy atom. The maximum Gasteiger partial charge on any atom is 0.294 e. The molecule has 1 saturated heterocycles.